The quantitative estimate of drug-likeness (QED) is 0.654. The van der Waals surface area contributed by atoms with Gasteiger partial charge >= 0.3 is 11.9 Å². The number of ether oxygens (including phenoxy) is 1. The van der Waals surface area contributed by atoms with E-state index in [0.717, 1.165) is 51.7 Å². The number of halogens is 1. The molecule has 1 heterocycles. The maximum Gasteiger partial charge on any atom is 0.325 e. The number of esters is 1. The number of hydrogen-bond donors (Lipinski definition) is 1. The molecule has 0 unspecified atom stereocenters. The SMILES string of the molecule is CCOC(=O)Cn1c(C)c(Sc2ccc(Cl)cc2)c2c1CCCC2=NCC(=O)O. The second-order valence-corrected chi connectivity index (χ2v) is 8.21. The van der Waals surface area contributed by atoms with Gasteiger partial charge in [0.05, 0.1) is 6.61 Å². The lowest BCUT2D eigenvalue weighted by atomic mass is 9.95. The molecule has 1 aromatic heterocycles. The number of nitrogens with zero attached hydrogens (tertiary/aromatic N) is 2. The lowest BCUT2D eigenvalue weighted by Gasteiger charge is -2.18. The highest BCUT2D eigenvalue weighted by Gasteiger charge is 2.28. The van der Waals surface area contributed by atoms with Gasteiger partial charge in [-0.25, -0.2) is 0 Å². The topological polar surface area (TPSA) is 80.9 Å². The Kier molecular flexibility index (Phi) is 7.03. The fourth-order valence-electron chi connectivity index (χ4n) is 3.49. The van der Waals surface area contributed by atoms with Gasteiger partial charge < -0.3 is 14.4 Å². The maximum absolute atomic E-state index is 12.2. The molecule has 6 nitrogen and oxygen atoms in total. The second kappa shape index (κ2) is 9.50. The van der Waals surface area contributed by atoms with Gasteiger partial charge in [-0.2, -0.15) is 0 Å². The van der Waals surface area contributed by atoms with Crippen molar-refractivity contribution in [1.29, 1.82) is 0 Å². The zero-order valence-corrected chi connectivity index (χ0v) is 18.0. The molecule has 0 saturated heterocycles. The van der Waals surface area contributed by atoms with Crippen LogP contribution in [0.5, 0.6) is 0 Å². The van der Waals surface area contributed by atoms with Crippen LogP contribution in [0.3, 0.4) is 0 Å². The van der Waals surface area contributed by atoms with Crippen LogP contribution in [-0.4, -0.2) is 40.5 Å². The smallest absolute Gasteiger partial charge is 0.325 e. The molecule has 0 aliphatic heterocycles. The van der Waals surface area contributed by atoms with E-state index in [2.05, 4.69) is 4.99 Å². The van der Waals surface area contributed by atoms with Crippen molar-refractivity contribution in [3.8, 4) is 0 Å². The van der Waals surface area contributed by atoms with Crippen LogP contribution in [0.4, 0.5) is 0 Å². The molecule has 3 rings (SSSR count). The van der Waals surface area contributed by atoms with Crippen LogP contribution in [-0.2, 0) is 27.3 Å². The summed E-state index contributed by atoms with van der Waals surface area (Å²) in [5.41, 5.74) is 3.71. The molecule has 0 bridgehead atoms. The number of carboxylic acids is 1. The van der Waals surface area contributed by atoms with Crippen molar-refractivity contribution in [3.05, 3.63) is 46.2 Å². The Hall–Kier alpha value is -2.25. The van der Waals surface area contributed by atoms with Crippen LogP contribution in [0.2, 0.25) is 5.02 Å². The van der Waals surface area contributed by atoms with Gasteiger partial charge in [0, 0.05) is 37.5 Å². The van der Waals surface area contributed by atoms with Crippen molar-refractivity contribution in [3.63, 3.8) is 0 Å². The summed E-state index contributed by atoms with van der Waals surface area (Å²) in [7, 11) is 0. The number of rotatable bonds is 7. The molecule has 1 aromatic carbocycles. The molecule has 8 heteroatoms. The minimum Gasteiger partial charge on any atom is -0.480 e. The molecule has 154 valence electrons. The van der Waals surface area contributed by atoms with Crippen molar-refractivity contribution < 1.29 is 19.4 Å². The van der Waals surface area contributed by atoms with Crippen LogP contribution >= 0.6 is 23.4 Å². The summed E-state index contributed by atoms with van der Waals surface area (Å²) in [6, 6.07) is 7.55. The summed E-state index contributed by atoms with van der Waals surface area (Å²) in [5.74, 6) is -1.25. The first-order valence-electron chi connectivity index (χ1n) is 9.47. The standard InChI is InChI=1S/C21H23ClN2O4S/c1-3-28-19(27)12-24-13(2)21(29-15-9-7-14(22)8-10-15)20-16(23-11-18(25)26)5-4-6-17(20)24/h7-10H,3-6,11-12H2,1-2H3,(H,25,26). The molecule has 0 radical (unpaired) electrons. The van der Waals surface area contributed by atoms with Gasteiger partial charge in [0.25, 0.3) is 0 Å². The average Bonchev–Trinajstić information content (AvgIpc) is 2.94. The Bertz CT molecular complexity index is 951. The minimum absolute atomic E-state index is 0.134. The highest BCUT2D eigenvalue weighted by Crippen LogP contribution is 2.40. The second-order valence-electron chi connectivity index (χ2n) is 6.69. The van der Waals surface area contributed by atoms with E-state index >= 15 is 0 Å². The first-order valence-corrected chi connectivity index (χ1v) is 10.7. The molecule has 1 aliphatic carbocycles. The molecular weight excluding hydrogens is 412 g/mol. The number of fused-ring (bicyclic) bond motifs is 1. The van der Waals surface area contributed by atoms with Crippen molar-refractivity contribution in [1.82, 2.24) is 4.57 Å². The fraction of sp³-hybridized carbons (Fsp3) is 0.381. The van der Waals surface area contributed by atoms with E-state index in [9.17, 15) is 9.59 Å². The largest absolute Gasteiger partial charge is 0.480 e. The number of aliphatic carboxylic acids is 1. The number of carbonyl (C=O) groups excluding carboxylic acids is 1. The zero-order valence-electron chi connectivity index (χ0n) is 16.4. The average molecular weight is 435 g/mol. The van der Waals surface area contributed by atoms with Gasteiger partial charge in [-0.3, -0.25) is 14.6 Å². The third-order valence-electron chi connectivity index (χ3n) is 4.72. The number of aliphatic imine (C=N–C) groups is 1. The molecule has 1 aliphatic rings. The summed E-state index contributed by atoms with van der Waals surface area (Å²) in [6.07, 6.45) is 2.39. The summed E-state index contributed by atoms with van der Waals surface area (Å²) in [4.78, 5) is 29.6. The van der Waals surface area contributed by atoms with E-state index < -0.39 is 5.97 Å². The lowest BCUT2D eigenvalue weighted by Crippen LogP contribution is -2.20. The predicted octanol–water partition coefficient (Wildman–Crippen LogP) is 4.37. The molecule has 0 atom stereocenters. The van der Waals surface area contributed by atoms with Gasteiger partial charge in [-0.05, 0) is 57.4 Å². The van der Waals surface area contributed by atoms with Gasteiger partial charge in [0.15, 0.2) is 0 Å². The Morgan fingerprint density at radius 3 is 2.66 bits per heavy atom. The molecule has 29 heavy (non-hydrogen) atoms. The van der Waals surface area contributed by atoms with E-state index in [1.165, 1.54) is 0 Å². The molecule has 0 saturated carbocycles. The third kappa shape index (κ3) is 5.03. The highest BCUT2D eigenvalue weighted by atomic mass is 35.5. The summed E-state index contributed by atoms with van der Waals surface area (Å²) in [5, 5.41) is 9.73. The summed E-state index contributed by atoms with van der Waals surface area (Å²) >= 11 is 7.58. The number of aromatic nitrogens is 1. The third-order valence-corrected chi connectivity index (χ3v) is 6.19. The van der Waals surface area contributed by atoms with Crippen molar-refractivity contribution >= 4 is 41.0 Å². The van der Waals surface area contributed by atoms with Crippen molar-refractivity contribution in [2.75, 3.05) is 13.2 Å². The Morgan fingerprint density at radius 2 is 2.00 bits per heavy atom. The fourth-order valence-corrected chi connectivity index (χ4v) is 4.72. The van der Waals surface area contributed by atoms with E-state index in [1.54, 1.807) is 18.7 Å². The number of benzene rings is 1. The predicted molar refractivity (Wildman–Crippen MR) is 113 cm³/mol. The monoisotopic (exact) mass is 434 g/mol. The normalized spacial score (nSPS) is 14.7. The van der Waals surface area contributed by atoms with Crippen LogP contribution < -0.4 is 0 Å². The van der Waals surface area contributed by atoms with E-state index in [1.807, 2.05) is 35.8 Å². The number of carboxylic acid groups (broad SMARTS) is 1. The van der Waals surface area contributed by atoms with Crippen molar-refractivity contribution in [2.24, 2.45) is 4.99 Å². The van der Waals surface area contributed by atoms with E-state index in [0.29, 0.717) is 11.6 Å². The van der Waals surface area contributed by atoms with Crippen molar-refractivity contribution in [2.45, 2.75) is 49.4 Å². The van der Waals surface area contributed by atoms with Crippen LogP contribution in [0.15, 0.2) is 39.0 Å². The van der Waals surface area contributed by atoms with Gasteiger partial charge in [0.1, 0.15) is 13.1 Å². The maximum atomic E-state index is 12.2. The van der Waals surface area contributed by atoms with E-state index in [4.69, 9.17) is 21.4 Å². The molecule has 1 N–H and O–H groups in total. The van der Waals surface area contributed by atoms with Crippen LogP contribution in [0.25, 0.3) is 0 Å². The van der Waals surface area contributed by atoms with Gasteiger partial charge in [0.2, 0.25) is 0 Å². The molecule has 0 fully saturated rings. The molecular formula is C21H23ClN2O4S. The molecule has 2 aromatic rings. The van der Waals surface area contributed by atoms with Crippen LogP contribution in [0.1, 0.15) is 36.7 Å². The van der Waals surface area contributed by atoms with Gasteiger partial charge in [-0.15, -0.1) is 0 Å². The molecule has 0 spiro atoms. The number of carbonyl (C=O) groups is 2. The first-order chi connectivity index (χ1) is 13.9. The highest BCUT2D eigenvalue weighted by molar-refractivity contribution is 7.99. The molecule has 0 amide bonds. The zero-order chi connectivity index (χ0) is 21.0. The number of hydrogen-bond acceptors (Lipinski definition) is 5. The van der Waals surface area contributed by atoms with E-state index in [-0.39, 0.29) is 19.1 Å². The Morgan fingerprint density at radius 1 is 1.28 bits per heavy atom. The summed E-state index contributed by atoms with van der Waals surface area (Å²) < 4.78 is 7.14. The summed E-state index contributed by atoms with van der Waals surface area (Å²) in [6.45, 7) is 3.97. The lowest BCUT2D eigenvalue weighted by molar-refractivity contribution is -0.144. The van der Waals surface area contributed by atoms with Gasteiger partial charge in [-0.1, -0.05) is 23.4 Å². The van der Waals surface area contributed by atoms with Crippen LogP contribution in [0, 0.1) is 6.92 Å². The Balaban J connectivity index is 2.08. The minimum atomic E-state index is -0.959. The Labute approximate surface area is 178 Å². The first kappa shape index (κ1) is 21.5.